The van der Waals surface area contributed by atoms with Crippen LogP contribution in [-0.2, 0) is 20.7 Å². The van der Waals surface area contributed by atoms with Crippen LogP contribution in [0.15, 0.2) is 30.0 Å². The van der Waals surface area contributed by atoms with Crippen LogP contribution in [0.2, 0.25) is 10.0 Å². The zero-order chi connectivity index (χ0) is 20.3. The van der Waals surface area contributed by atoms with Crippen molar-refractivity contribution in [2.24, 2.45) is 0 Å². The summed E-state index contributed by atoms with van der Waals surface area (Å²) < 4.78 is 5.61. The molecule has 0 aromatic heterocycles. The first-order valence-electron chi connectivity index (χ1n) is 9.38. The molecule has 0 radical (unpaired) electrons. The molecule has 2 aliphatic rings. The molecule has 2 fully saturated rings. The number of aliphatic hydroxyl groups excluding tert-OH is 1. The van der Waals surface area contributed by atoms with Gasteiger partial charge in [-0.15, -0.1) is 0 Å². The van der Waals surface area contributed by atoms with Crippen LogP contribution in [0.1, 0.15) is 44.1 Å². The van der Waals surface area contributed by atoms with E-state index in [9.17, 15) is 19.8 Å². The quantitative estimate of drug-likeness (QED) is 0.462. The number of aliphatic hydroxyl groups is 1. The number of hydrogen-bond acceptors (Lipinski definition) is 4. The maximum Gasteiger partial charge on any atom is 0.337 e. The smallest absolute Gasteiger partial charge is 0.337 e. The average molecular weight is 428 g/mol. The van der Waals surface area contributed by atoms with Crippen LogP contribution < -0.4 is 0 Å². The minimum Gasteiger partial charge on any atom is -0.479 e. The number of fused-ring (bicyclic) bond motifs is 1. The van der Waals surface area contributed by atoms with E-state index in [0.29, 0.717) is 16.5 Å². The second kappa shape index (κ2) is 8.72. The van der Waals surface area contributed by atoms with Gasteiger partial charge in [0.2, 0.25) is 11.4 Å². The fraction of sp³-hybridized carbons (Fsp3) is 0.500. The number of unbranched alkanes of at least 4 members (excludes halogenated alkanes) is 3. The molecule has 0 aliphatic carbocycles. The predicted molar refractivity (Wildman–Crippen MR) is 105 cm³/mol. The summed E-state index contributed by atoms with van der Waals surface area (Å²) in [5.74, 6) is -1.17. The van der Waals surface area contributed by atoms with Crippen molar-refractivity contribution >= 4 is 35.1 Å². The van der Waals surface area contributed by atoms with Gasteiger partial charge < -0.3 is 14.9 Å². The van der Waals surface area contributed by atoms with E-state index in [1.54, 1.807) is 6.07 Å². The van der Waals surface area contributed by atoms with Crippen molar-refractivity contribution in [3.8, 4) is 0 Å². The van der Waals surface area contributed by atoms with Crippen LogP contribution in [0, 0.1) is 0 Å². The van der Waals surface area contributed by atoms with E-state index in [-0.39, 0.29) is 31.1 Å². The Bertz CT molecular complexity index is 797. The lowest BCUT2D eigenvalue weighted by Crippen LogP contribution is -2.62. The molecular weight excluding hydrogens is 405 g/mol. The normalized spacial score (nSPS) is 24.8. The van der Waals surface area contributed by atoms with Crippen LogP contribution in [0.4, 0.5) is 0 Å². The Morgan fingerprint density at radius 1 is 1.29 bits per heavy atom. The largest absolute Gasteiger partial charge is 0.479 e. The lowest BCUT2D eigenvalue weighted by molar-refractivity contribution is -0.171. The van der Waals surface area contributed by atoms with Crippen molar-refractivity contribution in [2.45, 2.75) is 56.7 Å². The first kappa shape index (κ1) is 21.0. The zero-order valence-electron chi connectivity index (χ0n) is 15.4. The topological polar surface area (TPSA) is 87.1 Å². The number of aliphatic carboxylic acids is 1. The molecule has 8 heteroatoms. The minimum absolute atomic E-state index is 0.172. The number of benzene rings is 1. The summed E-state index contributed by atoms with van der Waals surface area (Å²) in [5, 5.41) is 20.4. The van der Waals surface area contributed by atoms with Gasteiger partial charge in [0.05, 0.1) is 13.0 Å². The Morgan fingerprint density at radius 3 is 2.68 bits per heavy atom. The maximum atomic E-state index is 12.1. The van der Waals surface area contributed by atoms with Crippen LogP contribution >= 0.6 is 23.2 Å². The summed E-state index contributed by atoms with van der Waals surface area (Å²) in [6.07, 6.45) is 5.36. The highest BCUT2D eigenvalue weighted by molar-refractivity contribution is 6.35. The van der Waals surface area contributed by atoms with Gasteiger partial charge in [-0.1, -0.05) is 48.5 Å². The molecule has 2 atom stereocenters. The molecule has 6 nitrogen and oxygen atoms in total. The minimum atomic E-state index is -1.50. The number of aryl methyl sites for hydroxylation is 1. The fourth-order valence-electron chi connectivity index (χ4n) is 3.94. The van der Waals surface area contributed by atoms with Gasteiger partial charge in [-0.3, -0.25) is 9.69 Å². The monoisotopic (exact) mass is 427 g/mol. The maximum absolute atomic E-state index is 12.1. The molecule has 2 heterocycles. The van der Waals surface area contributed by atoms with Crippen LogP contribution in [0.5, 0.6) is 0 Å². The second-order valence-corrected chi connectivity index (χ2v) is 7.95. The van der Waals surface area contributed by atoms with Gasteiger partial charge in [-0.2, -0.15) is 0 Å². The van der Waals surface area contributed by atoms with Gasteiger partial charge in [0, 0.05) is 10.0 Å². The predicted octanol–water partition coefficient (Wildman–Crippen LogP) is 3.77. The average Bonchev–Trinajstić information content (AvgIpc) is 2.88. The molecular formula is C20H23Cl2NO5. The van der Waals surface area contributed by atoms with Gasteiger partial charge in [0.1, 0.15) is 5.76 Å². The number of rotatable bonds is 9. The van der Waals surface area contributed by atoms with Crippen LogP contribution in [0.25, 0.3) is 0 Å². The number of hydrogen-bond donors (Lipinski definition) is 2. The molecule has 152 valence electrons. The Kier molecular flexibility index (Phi) is 6.53. The summed E-state index contributed by atoms with van der Waals surface area (Å²) in [7, 11) is 0. The van der Waals surface area contributed by atoms with E-state index < -0.39 is 17.7 Å². The lowest BCUT2D eigenvalue weighted by Gasteiger charge is -2.40. The molecule has 0 saturated carbocycles. The van der Waals surface area contributed by atoms with Crippen molar-refractivity contribution in [1.82, 2.24) is 4.90 Å². The molecule has 2 N–H and O–H groups in total. The molecule has 0 spiro atoms. The van der Waals surface area contributed by atoms with E-state index in [1.165, 1.54) is 11.0 Å². The van der Waals surface area contributed by atoms with Crippen molar-refractivity contribution in [1.29, 1.82) is 0 Å². The van der Waals surface area contributed by atoms with Gasteiger partial charge in [-0.25, -0.2) is 4.79 Å². The number of β-lactam (4-membered cyclic amide) rings is 1. The summed E-state index contributed by atoms with van der Waals surface area (Å²) >= 11 is 12.1. The zero-order valence-corrected chi connectivity index (χ0v) is 16.9. The number of carboxylic acids is 1. The molecule has 0 bridgehead atoms. The molecule has 28 heavy (non-hydrogen) atoms. The first-order valence-corrected chi connectivity index (χ1v) is 10.1. The number of carboxylic acid groups (broad SMARTS) is 1. The van der Waals surface area contributed by atoms with Crippen molar-refractivity contribution < 1.29 is 24.5 Å². The molecule has 2 aliphatic heterocycles. The Morgan fingerprint density at radius 2 is 2.04 bits per heavy atom. The van der Waals surface area contributed by atoms with Crippen LogP contribution in [-0.4, -0.2) is 45.4 Å². The van der Waals surface area contributed by atoms with Gasteiger partial charge >= 0.3 is 5.97 Å². The number of carbonyl (C=O) groups excluding carboxylic acids is 1. The Hall–Kier alpha value is -1.76. The number of ether oxygens (including phenoxy) is 1. The first-order chi connectivity index (χ1) is 13.4. The highest BCUT2D eigenvalue weighted by Crippen LogP contribution is 2.47. The van der Waals surface area contributed by atoms with Crippen molar-refractivity contribution in [3.63, 3.8) is 0 Å². The highest BCUT2D eigenvalue weighted by Gasteiger charge is 2.64. The number of carbonyl (C=O) groups is 2. The summed E-state index contributed by atoms with van der Waals surface area (Å²) in [5.41, 5.74) is -0.457. The fourth-order valence-corrected chi connectivity index (χ4v) is 4.44. The lowest BCUT2D eigenvalue weighted by atomic mass is 9.86. The molecule has 3 rings (SSSR count). The SMILES string of the molecule is O=C1C[C@H]2O/C(=C\CO)[C@](CCCCCCc3ccc(Cl)cc3Cl)(C(=O)O)N12. The molecule has 1 aromatic carbocycles. The van der Waals surface area contributed by atoms with Crippen molar-refractivity contribution in [2.75, 3.05) is 6.61 Å². The van der Waals surface area contributed by atoms with E-state index >= 15 is 0 Å². The van der Waals surface area contributed by atoms with Gasteiger partial charge in [-0.05, 0) is 43.0 Å². The third-order valence-electron chi connectivity index (χ3n) is 5.37. The van der Waals surface area contributed by atoms with Crippen molar-refractivity contribution in [3.05, 3.63) is 45.6 Å². The highest BCUT2D eigenvalue weighted by atomic mass is 35.5. The van der Waals surface area contributed by atoms with E-state index in [1.807, 2.05) is 12.1 Å². The van der Waals surface area contributed by atoms with E-state index in [0.717, 1.165) is 31.2 Å². The van der Waals surface area contributed by atoms with Gasteiger partial charge in [0.25, 0.3) is 0 Å². The van der Waals surface area contributed by atoms with E-state index in [4.69, 9.17) is 27.9 Å². The number of halogens is 2. The Labute approximate surface area is 173 Å². The summed E-state index contributed by atoms with van der Waals surface area (Å²) in [4.78, 5) is 25.4. The summed E-state index contributed by atoms with van der Waals surface area (Å²) in [6.45, 7) is -0.332. The van der Waals surface area contributed by atoms with Crippen LogP contribution in [0.3, 0.4) is 0 Å². The summed E-state index contributed by atoms with van der Waals surface area (Å²) in [6, 6.07) is 5.46. The Balaban J connectivity index is 1.55. The molecule has 1 aromatic rings. The molecule has 2 saturated heterocycles. The molecule has 0 unspecified atom stereocenters. The molecule has 1 amide bonds. The van der Waals surface area contributed by atoms with E-state index in [2.05, 4.69) is 0 Å². The second-order valence-electron chi connectivity index (χ2n) is 7.11. The standard InChI is InChI=1S/C20H23Cl2NO5/c21-14-7-6-13(15(22)11-14)5-3-1-2-4-9-20(19(26)27)16(8-10-24)28-18-12-17(25)23(18)20/h6-8,11,18,24H,1-5,9-10,12H2,(H,26,27)/b16-8-/t18-,20-/m1/s1. The third kappa shape index (κ3) is 3.86. The number of nitrogens with zero attached hydrogens (tertiary/aromatic N) is 1. The van der Waals surface area contributed by atoms with Gasteiger partial charge in [0.15, 0.2) is 6.23 Å². The third-order valence-corrected chi connectivity index (χ3v) is 5.96. The number of amides is 1.